The number of carbonyl (C=O) groups excluding carboxylic acids is 1. The lowest BCUT2D eigenvalue weighted by Crippen LogP contribution is -2.26. The van der Waals surface area contributed by atoms with Crippen molar-refractivity contribution in [2.45, 2.75) is 44.2 Å². The standard InChI is InChI=1S/C23H22FN5O2/c1-12(30)3-4-13-9-18-17(11-19(13)24)14-7-16(8-14)29-20(10-15-5-6-26-28(15)2)21(22(25)31)27-23(18)29/h5-6,9,11-12,14,16,30H,7-8,10H2,1-2H3,(H2,25,31). The number of hydrogen-bond donors (Lipinski definition) is 2. The zero-order chi connectivity index (χ0) is 21.9. The number of rotatable bonds is 3. The number of nitrogens with zero attached hydrogens (tertiary/aromatic N) is 4. The van der Waals surface area contributed by atoms with Crippen LogP contribution in [0, 0.1) is 17.7 Å². The molecule has 7 nitrogen and oxygen atoms in total. The molecule has 2 aromatic heterocycles. The van der Waals surface area contributed by atoms with Crippen LogP contribution in [0.5, 0.6) is 0 Å². The van der Waals surface area contributed by atoms with E-state index in [-0.39, 0.29) is 23.2 Å². The molecule has 6 rings (SSSR count). The number of aromatic nitrogens is 4. The van der Waals surface area contributed by atoms with Gasteiger partial charge in [-0.1, -0.05) is 11.8 Å². The highest BCUT2D eigenvalue weighted by atomic mass is 19.1. The Balaban J connectivity index is 1.72. The van der Waals surface area contributed by atoms with Crippen LogP contribution in [-0.4, -0.2) is 36.4 Å². The molecule has 3 N–H and O–H groups in total. The van der Waals surface area contributed by atoms with E-state index in [1.54, 1.807) is 16.9 Å². The number of hydrogen-bond acceptors (Lipinski definition) is 4. The van der Waals surface area contributed by atoms with Crippen molar-refractivity contribution in [3.05, 3.63) is 58.4 Å². The largest absolute Gasteiger partial charge is 0.381 e. The topological polar surface area (TPSA) is 99.0 Å². The molecule has 0 saturated heterocycles. The van der Waals surface area contributed by atoms with Gasteiger partial charge in [0.25, 0.3) is 5.91 Å². The van der Waals surface area contributed by atoms with Gasteiger partial charge in [0.2, 0.25) is 0 Å². The Labute approximate surface area is 178 Å². The Bertz CT molecular complexity index is 1270. The maximum absolute atomic E-state index is 14.7. The van der Waals surface area contributed by atoms with Crippen molar-refractivity contribution in [1.29, 1.82) is 0 Å². The van der Waals surface area contributed by atoms with Crippen molar-refractivity contribution in [3.63, 3.8) is 0 Å². The molecule has 1 aromatic carbocycles. The Morgan fingerprint density at radius 1 is 1.42 bits per heavy atom. The molecule has 1 aliphatic carbocycles. The first kappa shape index (κ1) is 19.5. The zero-order valence-electron chi connectivity index (χ0n) is 17.3. The van der Waals surface area contributed by atoms with E-state index in [4.69, 9.17) is 5.73 Å². The molecular weight excluding hydrogens is 397 g/mol. The summed E-state index contributed by atoms with van der Waals surface area (Å²) in [5.74, 6) is 5.15. The van der Waals surface area contributed by atoms with Gasteiger partial charge >= 0.3 is 0 Å². The predicted octanol–water partition coefficient (Wildman–Crippen LogP) is 2.28. The third-order valence-electron chi connectivity index (χ3n) is 6.23. The van der Waals surface area contributed by atoms with E-state index in [2.05, 4.69) is 26.5 Å². The quantitative estimate of drug-likeness (QED) is 0.636. The molecule has 1 atom stereocenters. The van der Waals surface area contributed by atoms with E-state index in [1.165, 1.54) is 13.0 Å². The highest BCUT2D eigenvalue weighted by Gasteiger charge is 2.41. The van der Waals surface area contributed by atoms with Crippen molar-refractivity contribution < 1.29 is 14.3 Å². The number of halogens is 1. The number of primary amides is 1. The van der Waals surface area contributed by atoms with Crippen LogP contribution in [0.15, 0.2) is 24.4 Å². The zero-order valence-corrected chi connectivity index (χ0v) is 17.3. The third-order valence-corrected chi connectivity index (χ3v) is 6.23. The molecule has 1 fully saturated rings. The molecule has 31 heavy (non-hydrogen) atoms. The lowest BCUT2D eigenvalue weighted by molar-refractivity contribution is 0.0994. The van der Waals surface area contributed by atoms with E-state index in [0.717, 1.165) is 35.4 Å². The first-order valence-electron chi connectivity index (χ1n) is 10.2. The van der Waals surface area contributed by atoms with Crippen molar-refractivity contribution in [3.8, 4) is 23.2 Å². The van der Waals surface area contributed by atoms with Gasteiger partial charge in [-0.15, -0.1) is 0 Å². The molecule has 3 aliphatic rings. The Kier molecular flexibility index (Phi) is 4.45. The number of aliphatic hydroxyl groups excluding tert-OH is 1. The average Bonchev–Trinajstić information content (AvgIpc) is 3.18. The van der Waals surface area contributed by atoms with Crippen LogP contribution in [0.1, 0.15) is 64.7 Å². The number of benzene rings is 1. The second-order valence-corrected chi connectivity index (χ2v) is 8.27. The van der Waals surface area contributed by atoms with Gasteiger partial charge in [-0.25, -0.2) is 9.37 Å². The normalized spacial score (nSPS) is 19.4. The summed E-state index contributed by atoms with van der Waals surface area (Å²) in [7, 11) is 1.85. The van der Waals surface area contributed by atoms with E-state index < -0.39 is 17.8 Å². The molecule has 2 bridgehead atoms. The fourth-order valence-corrected chi connectivity index (χ4v) is 4.61. The SMILES string of the molecule is CC(O)C#Cc1cc2c(cc1F)C1CC(C1)n1c-2nc(C(N)=O)c1Cc1ccnn1C. The monoisotopic (exact) mass is 419 g/mol. The Morgan fingerprint density at radius 3 is 2.84 bits per heavy atom. The molecule has 3 aromatic rings. The van der Waals surface area contributed by atoms with Crippen molar-refractivity contribution >= 4 is 5.91 Å². The summed E-state index contributed by atoms with van der Waals surface area (Å²) in [5.41, 5.74) is 9.46. The van der Waals surface area contributed by atoms with Crippen molar-refractivity contribution in [2.75, 3.05) is 0 Å². The van der Waals surface area contributed by atoms with Crippen LogP contribution < -0.4 is 5.73 Å². The lowest BCUT2D eigenvalue weighted by Gasteiger charge is -2.35. The first-order valence-corrected chi connectivity index (χ1v) is 10.2. The molecule has 0 spiro atoms. The Morgan fingerprint density at radius 2 is 2.19 bits per heavy atom. The van der Waals surface area contributed by atoms with E-state index in [9.17, 15) is 14.3 Å². The molecule has 4 heterocycles. The summed E-state index contributed by atoms with van der Waals surface area (Å²) in [4.78, 5) is 16.9. The van der Waals surface area contributed by atoms with Crippen LogP contribution in [0.2, 0.25) is 0 Å². The Hall–Kier alpha value is -3.44. The van der Waals surface area contributed by atoms with Crippen LogP contribution in [0.25, 0.3) is 11.4 Å². The van der Waals surface area contributed by atoms with Gasteiger partial charge in [0.15, 0.2) is 0 Å². The summed E-state index contributed by atoms with van der Waals surface area (Å²) < 4.78 is 18.6. The summed E-state index contributed by atoms with van der Waals surface area (Å²) in [6.07, 6.45) is 3.02. The minimum Gasteiger partial charge on any atom is -0.381 e. The van der Waals surface area contributed by atoms with Gasteiger partial charge in [0.05, 0.1) is 11.3 Å². The summed E-state index contributed by atoms with van der Waals surface area (Å²) in [6, 6.07) is 5.28. The molecule has 1 saturated carbocycles. The highest BCUT2D eigenvalue weighted by Crippen LogP contribution is 2.53. The maximum atomic E-state index is 14.7. The number of nitrogens with two attached hydrogens (primary N) is 1. The molecule has 2 aliphatic heterocycles. The molecule has 0 radical (unpaired) electrons. The van der Waals surface area contributed by atoms with E-state index in [1.807, 2.05) is 13.1 Å². The van der Waals surface area contributed by atoms with Crippen LogP contribution in [-0.2, 0) is 13.5 Å². The van der Waals surface area contributed by atoms with Crippen LogP contribution >= 0.6 is 0 Å². The molecule has 1 amide bonds. The van der Waals surface area contributed by atoms with Gasteiger partial charge in [-0.2, -0.15) is 5.10 Å². The van der Waals surface area contributed by atoms with Crippen LogP contribution in [0.4, 0.5) is 4.39 Å². The fraction of sp³-hybridized carbons (Fsp3) is 0.348. The minimum absolute atomic E-state index is 0.172. The van der Waals surface area contributed by atoms with Crippen molar-refractivity contribution in [2.24, 2.45) is 12.8 Å². The highest BCUT2D eigenvalue weighted by molar-refractivity contribution is 5.93. The third kappa shape index (κ3) is 3.13. The predicted molar refractivity (Wildman–Crippen MR) is 112 cm³/mol. The molecule has 158 valence electrons. The summed E-state index contributed by atoms with van der Waals surface area (Å²) in [6.45, 7) is 1.53. The van der Waals surface area contributed by atoms with Gasteiger partial charge in [-0.05, 0) is 49.4 Å². The smallest absolute Gasteiger partial charge is 0.269 e. The number of aryl methyl sites for hydroxylation is 1. The first-order chi connectivity index (χ1) is 14.8. The minimum atomic E-state index is -0.861. The number of imidazole rings is 1. The van der Waals surface area contributed by atoms with Gasteiger partial charge in [0, 0.05) is 37.0 Å². The maximum Gasteiger partial charge on any atom is 0.269 e. The van der Waals surface area contributed by atoms with E-state index >= 15 is 0 Å². The summed E-state index contributed by atoms with van der Waals surface area (Å²) >= 11 is 0. The second-order valence-electron chi connectivity index (χ2n) is 8.27. The number of amides is 1. The van der Waals surface area contributed by atoms with Gasteiger partial charge in [-0.3, -0.25) is 9.48 Å². The van der Waals surface area contributed by atoms with Gasteiger partial charge < -0.3 is 15.4 Å². The summed E-state index contributed by atoms with van der Waals surface area (Å²) in [5, 5.41) is 13.7. The van der Waals surface area contributed by atoms with E-state index in [0.29, 0.717) is 12.2 Å². The number of carbonyl (C=O) groups is 1. The lowest BCUT2D eigenvalue weighted by atomic mass is 9.75. The van der Waals surface area contributed by atoms with Crippen molar-refractivity contribution in [1.82, 2.24) is 19.3 Å². The van der Waals surface area contributed by atoms with Crippen LogP contribution in [0.3, 0.4) is 0 Å². The van der Waals surface area contributed by atoms with Gasteiger partial charge in [0.1, 0.15) is 23.4 Å². The fourth-order valence-electron chi connectivity index (χ4n) is 4.61. The molecular formula is C23H22FN5O2. The number of aliphatic hydroxyl groups is 1. The molecule has 8 heteroatoms. The second kappa shape index (κ2) is 7.06. The average molecular weight is 419 g/mol. The molecule has 1 unspecified atom stereocenters.